The minimum absolute atomic E-state index is 0.0995. The molecule has 0 aliphatic heterocycles. The number of nitrogens with zero attached hydrogens (tertiary/aromatic N) is 5. The predicted octanol–water partition coefficient (Wildman–Crippen LogP) is 3.21. The topological polar surface area (TPSA) is 124 Å². The van der Waals surface area contributed by atoms with Gasteiger partial charge in [0.05, 0.1) is 13.7 Å². The number of benzene rings is 1. The van der Waals surface area contributed by atoms with Gasteiger partial charge < -0.3 is 15.4 Å². The lowest BCUT2D eigenvalue weighted by Crippen LogP contribution is -2.37. The minimum Gasteiger partial charge on any atom is -0.494 e. The number of tetrazole rings is 1. The van der Waals surface area contributed by atoms with E-state index in [-0.39, 0.29) is 35.8 Å². The van der Waals surface area contributed by atoms with Crippen molar-refractivity contribution in [2.75, 3.05) is 7.11 Å². The number of halogens is 1. The Morgan fingerprint density at radius 3 is 2.68 bits per heavy atom. The predicted molar refractivity (Wildman–Crippen MR) is 134 cm³/mol. The molecule has 196 valence electrons. The number of aromatic nitrogens is 5. The molecular formula is C26H32FN7O3. The van der Waals surface area contributed by atoms with Gasteiger partial charge in [0.2, 0.25) is 11.7 Å². The number of ether oxygens (including phenoxy) is 1. The molecule has 0 unspecified atom stereocenters. The van der Waals surface area contributed by atoms with Gasteiger partial charge in [-0.1, -0.05) is 13.0 Å². The largest absolute Gasteiger partial charge is 0.494 e. The molecule has 1 saturated carbocycles. The second-order valence-electron chi connectivity index (χ2n) is 9.34. The van der Waals surface area contributed by atoms with Crippen LogP contribution in [0.3, 0.4) is 0 Å². The Morgan fingerprint density at radius 2 is 1.95 bits per heavy atom. The van der Waals surface area contributed by atoms with Crippen LogP contribution in [-0.2, 0) is 17.9 Å². The van der Waals surface area contributed by atoms with Crippen molar-refractivity contribution in [2.45, 2.75) is 65.1 Å². The highest BCUT2D eigenvalue weighted by Crippen LogP contribution is 2.26. The molecule has 37 heavy (non-hydrogen) atoms. The molecule has 2 N–H and O–H groups in total. The summed E-state index contributed by atoms with van der Waals surface area (Å²) < 4.78 is 18.6. The number of rotatable bonds is 9. The summed E-state index contributed by atoms with van der Waals surface area (Å²) in [5.74, 6) is 0.230. The Morgan fingerprint density at radius 1 is 1.16 bits per heavy atom. The highest BCUT2D eigenvalue weighted by Gasteiger charge is 2.23. The second-order valence-corrected chi connectivity index (χ2v) is 9.34. The van der Waals surface area contributed by atoms with Crippen molar-refractivity contribution in [2.24, 2.45) is 5.92 Å². The molecule has 0 bridgehead atoms. The van der Waals surface area contributed by atoms with Gasteiger partial charge in [0.1, 0.15) is 5.69 Å². The molecule has 0 atom stereocenters. The van der Waals surface area contributed by atoms with E-state index in [1.165, 1.54) is 13.2 Å². The highest BCUT2D eigenvalue weighted by atomic mass is 19.1. The first-order chi connectivity index (χ1) is 17.8. The average molecular weight is 510 g/mol. The van der Waals surface area contributed by atoms with Crippen molar-refractivity contribution in [3.05, 3.63) is 53.1 Å². The van der Waals surface area contributed by atoms with Crippen LogP contribution in [0.25, 0.3) is 11.4 Å². The van der Waals surface area contributed by atoms with E-state index in [9.17, 15) is 14.0 Å². The summed E-state index contributed by atoms with van der Waals surface area (Å²) >= 11 is 0. The summed E-state index contributed by atoms with van der Waals surface area (Å²) in [4.78, 5) is 30.4. The lowest BCUT2D eigenvalue weighted by Gasteiger charge is -2.28. The molecular weight excluding hydrogens is 477 g/mol. The number of hydrogen-bond acceptors (Lipinski definition) is 7. The van der Waals surface area contributed by atoms with Crippen molar-refractivity contribution in [1.29, 1.82) is 0 Å². The molecule has 11 heteroatoms. The van der Waals surface area contributed by atoms with Crippen LogP contribution in [-0.4, -0.2) is 50.2 Å². The van der Waals surface area contributed by atoms with Crippen LogP contribution in [0.15, 0.2) is 30.3 Å². The fraction of sp³-hybridized carbons (Fsp3) is 0.462. The Kier molecular flexibility index (Phi) is 8.42. The van der Waals surface area contributed by atoms with Crippen LogP contribution in [0.2, 0.25) is 0 Å². The average Bonchev–Trinajstić information content (AvgIpc) is 3.37. The number of methoxy groups -OCH3 is 1. The molecule has 2 aromatic heterocycles. The van der Waals surface area contributed by atoms with Gasteiger partial charge in [-0.15, -0.1) is 10.2 Å². The molecule has 2 amide bonds. The monoisotopic (exact) mass is 509 g/mol. The van der Waals surface area contributed by atoms with Gasteiger partial charge in [-0.3, -0.25) is 9.59 Å². The first-order valence-corrected chi connectivity index (χ1v) is 12.5. The van der Waals surface area contributed by atoms with Crippen LogP contribution in [0, 0.1) is 18.7 Å². The Bertz CT molecular complexity index is 1250. The maximum atomic E-state index is 13.6. The minimum atomic E-state index is -0.462. The first-order valence-electron chi connectivity index (χ1n) is 12.5. The van der Waals surface area contributed by atoms with Crippen LogP contribution < -0.4 is 15.4 Å². The van der Waals surface area contributed by atoms with Gasteiger partial charge in [-0.25, -0.2) is 9.37 Å². The van der Waals surface area contributed by atoms with E-state index >= 15 is 0 Å². The second kappa shape index (κ2) is 11.9. The Labute approximate surface area is 215 Å². The van der Waals surface area contributed by atoms with E-state index < -0.39 is 5.82 Å². The number of nitrogens with one attached hydrogen (secondary N) is 2. The van der Waals surface area contributed by atoms with Crippen molar-refractivity contribution in [3.63, 3.8) is 0 Å². The van der Waals surface area contributed by atoms with Gasteiger partial charge in [0.15, 0.2) is 11.6 Å². The first kappa shape index (κ1) is 26.2. The van der Waals surface area contributed by atoms with Crippen molar-refractivity contribution < 1.29 is 18.7 Å². The van der Waals surface area contributed by atoms with E-state index in [2.05, 4.69) is 31.0 Å². The van der Waals surface area contributed by atoms with Crippen molar-refractivity contribution in [3.8, 4) is 17.1 Å². The van der Waals surface area contributed by atoms with E-state index in [0.717, 1.165) is 25.7 Å². The zero-order valence-corrected chi connectivity index (χ0v) is 21.3. The van der Waals surface area contributed by atoms with E-state index in [1.54, 1.807) is 29.9 Å². The summed E-state index contributed by atoms with van der Waals surface area (Å²) in [6.45, 7) is 4.50. The smallest absolute Gasteiger partial charge is 0.270 e. The quantitative estimate of drug-likeness (QED) is 0.454. The number of aryl methyl sites for hydroxylation is 1. The molecule has 3 aromatic rings. The zero-order valence-electron chi connectivity index (χ0n) is 21.3. The summed E-state index contributed by atoms with van der Waals surface area (Å²) in [6, 6.07) is 8.12. The van der Waals surface area contributed by atoms with E-state index in [1.807, 2.05) is 13.0 Å². The van der Waals surface area contributed by atoms with Crippen LogP contribution in [0.1, 0.15) is 60.8 Å². The fourth-order valence-corrected chi connectivity index (χ4v) is 4.49. The lowest BCUT2D eigenvalue weighted by atomic mass is 9.86. The molecule has 4 rings (SSSR count). The van der Waals surface area contributed by atoms with Crippen LogP contribution >= 0.6 is 0 Å². The van der Waals surface area contributed by atoms with Gasteiger partial charge in [-0.2, -0.15) is 4.80 Å². The van der Waals surface area contributed by atoms with Gasteiger partial charge in [0.25, 0.3) is 5.91 Å². The van der Waals surface area contributed by atoms with Crippen molar-refractivity contribution in [1.82, 2.24) is 35.8 Å². The van der Waals surface area contributed by atoms with E-state index in [4.69, 9.17) is 4.74 Å². The molecule has 1 aliphatic carbocycles. The van der Waals surface area contributed by atoms with Gasteiger partial charge >= 0.3 is 0 Å². The molecule has 0 spiro atoms. The summed E-state index contributed by atoms with van der Waals surface area (Å²) in [5, 5.41) is 18.8. The van der Waals surface area contributed by atoms with E-state index in [0.29, 0.717) is 41.5 Å². The zero-order chi connectivity index (χ0) is 26.4. The molecule has 1 aromatic carbocycles. The number of hydrogen-bond donors (Lipinski definition) is 2. The maximum Gasteiger partial charge on any atom is 0.270 e. The third kappa shape index (κ3) is 6.87. The highest BCUT2D eigenvalue weighted by molar-refractivity contribution is 5.93. The Balaban J connectivity index is 1.36. The number of carbonyl (C=O) groups excluding carboxylic acids is 2. The van der Waals surface area contributed by atoms with Gasteiger partial charge in [-0.05, 0) is 73.6 Å². The fourth-order valence-electron chi connectivity index (χ4n) is 4.49. The molecule has 0 radical (unpaired) electrons. The summed E-state index contributed by atoms with van der Waals surface area (Å²) in [5.41, 5.74) is 2.23. The Hall–Kier alpha value is -3.89. The number of carbonyl (C=O) groups is 2. The molecule has 1 aliphatic rings. The SMILES string of the molecule is CCC(=O)NC1CCC(Cn2nnc(-c3cc(C)nc(C(=O)NCc4ccc(F)c(OC)c4)c3)n2)CC1. The number of pyridine rings is 1. The third-order valence-electron chi connectivity index (χ3n) is 6.52. The molecule has 0 saturated heterocycles. The third-order valence-corrected chi connectivity index (χ3v) is 6.52. The van der Waals surface area contributed by atoms with Crippen molar-refractivity contribution >= 4 is 11.8 Å². The molecule has 2 heterocycles. The maximum absolute atomic E-state index is 13.6. The molecule has 1 fully saturated rings. The normalized spacial score (nSPS) is 17.3. The van der Waals surface area contributed by atoms with Crippen LogP contribution in [0.5, 0.6) is 5.75 Å². The number of amides is 2. The summed E-state index contributed by atoms with van der Waals surface area (Å²) in [7, 11) is 1.39. The lowest BCUT2D eigenvalue weighted by molar-refractivity contribution is -0.121. The molecule has 10 nitrogen and oxygen atoms in total. The standard InChI is InChI=1S/C26H32FN7O3/c1-4-24(35)30-20-8-5-17(6-9-20)15-34-32-25(31-33-34)19-11-16(2)29-22(13-19)26(36)28-14-18-7-10-21(27)23(12-18)37-3/h7,10-13,17,20H,4-6,8-9,14-15H2,1-3H3,(H,28,36)(H,30,35). The van der Waals surface area contributed by atoms with Crippen LogP contribution in [0.4, 0.5) is 4.39 Å². The van der Waals surface area contributed by atoms with Gasteiger partial charge in [0, 0.05) is 30.3 Å². The summed E-state index contributed by atoms with van der Waals surface area (Å²) in [6.07, 6.45) is 4.39.